The van der Waals surface area contributed by atoms with Gasteiger partial charge in [0.2, 0.25) is 0 Å². The molecule has 0 radical (unpaired) electrons. The predicted molar refractivity (Wildman–Crippen MR) is 66.2 cm³/mol. The van der Waals surface area contributed by atoms with Crippen LogP contribution in [0.1, 0.15) is 19.4 Å². The van der Waals surface area contributed by atoms with E-state index < -0.39 is 18.6 Å². The number of ether oxygens (including phenoxy) is 1. The molecule has 106 valence electrons. The average molecular weight is 273 g/mol. The Morgan fingerprint density at radius 1 is 1.42 bits per heavy atom. The molecule has 0 aromatic heterocycles. The van der Waals surface area contributed by atoms with Crippen molar-refractivity contribution >= 4 is 5.97 Å². The van der Waals surface area contributed by atoms with E-state index in [1.54, 1.807) is 26.0 Å². The molecule has 4 nitrogen and oxygen atoms in total. The lowest BCUT2D eigenvalue weighted by Gasteiger charge is -2.18. The van der Waals surface area contributed by atoms with Crippen LogP contribution in [0.4, 0.5) is 8.78 Å². The third-order valence-corrected chi connectivity index (χ3v) is 2.58. The Morgan fingerprint density at radius 2 is 2.11 bits per heavy atom. The maximum Gasteiger partial charge on any atom is 0.387 e. The standard InChI is InChI=1S/C13H17F2NO3/c1-8(2)11(12(17)18)16-7-9-4-3-5-10(6-9)19-13(14)15/h3-6,8,11,13,16H,7H2,1-2H3,(H,17,18)/t11-/m0/s1. The fourth-order valence-corrected chi connectivity index (χ4v) is 1.67. The number of hydrogen-bond donors (Lipinski definition) is 2. The summed E-state index contributed by atoms with van der Waals surface area (Å²) in [6.45, 7) is 0.991. The molecule has 0 aliphatic rings. The lowest BCUT2D eigenvalue weighted by Crippen LogP contribution is -2.40. The molecular formula is C13H17F2NO3. The summed E-state index contributed by atoms with van der Waals surface area (Å²) in [4.78, 5) is 11.0. The van der Waals surface area contributed by atoms with Gasteiger partial charge in [0, 0.05) is 6.54 Å². The van der Waals surface area contributed by atoms with Crippen molar-refractivity contribution in [2.45, 2.75) is 33.0 Å². The van der Waals surface area contributed by atoms with Crippen LogP contribution in [0.2, 0.25) is 0 Å². The largest absolute Gasteiger partial charge is 0.480 e. The predicted octanol–water partition coefficient (Wildman–Crippen LogP) is 2.49. The van der Waals surface area contributed by atoms with Crippen LogP contribution in [-0.2, 0) is 11.3 Å². The molecule has 0 bridgehead atoms. The third kappa shape index (κ3) is 5.21. The number of rotatable bonds is 7. The number of nitrogens with one attached hydrogen (secondary N) is 1. The first-order valence-corrected chi connectivity index (χ1v) is 5.90. The first kappa shape index (κ1) is 15.4. The van der Waals surface area contributed by atoms with Gasteiger partial charge in [-0.05, 0) is 23.6 Å². The van der Waals surface area contributed by atoms with Crippen molar-refractivity contribution in [1.82, 2.24) is 5.32 Å². The van der Waals surface area contributed by atoms with Crippen molar-refractivity contribution in [3.05, 3.63) is 29.8 Å². The van der Waals surface area contributed by atoms with Crippen LogP contribution in [0.5, 0.6) is 5.75 Å². The van der Waals surface area contributed by atoms with Crippen LogP contribution < -0.4 is 10.1 Å². The highest BCUT2D eigenvalue weighted by atomic mass is 19.3. The fraction of sp³-hybridized carbons (Fsp3) is 0.462. The van der Waals surface area contributed by atoms with Gasteiger partial charge in [-0.15, -0.1) is 0 Å². The number of hydrogen-bond acceptors (Lipinski definition) is 3. The first-order valence-electron chi connectivity index (χ1n) is 5.90. The monoisotopic (exact) mass is 273 g/mol. The van der Waals surface area contributed by atoms with Gasteiger partial charge in [-0.3, -0.25) is 4.79 Å². The summed E-state index contributed by atoms with van der Waals surface area (Å²) in [6, 6.07) is 5.50. The van der Waals surface area contributed by atoms with E-state index in [1.165, 1.54) is 12.1 Å². The van der Waals surface area contributed by atoms with Crippen LogP contribution in [0.3, 0.4) is 0 Å². The number of carboxylic acids is 1. The molecule has 1 atom stereocenters. The summed E-state index contributed by atoms with van der Waals surface area (Å²) in [5.74, 6) is -0.946. The van der Waals surface area contributed by atoms with Gasteiger partial charge in [0.05, 0.1) is 0 Å². The Balaban J connectivity index is 2.64. The number of halogens is 2. The highest BCUT2D eigenvalue weighted by molar-refractivity contribution is 5.73. The van der Waals surface area contributed by atoms with E-state index in [2.05, 4.69) is 10.1 Å². The summed E-state index contributed by atoms with van der Waals surface area (Å²) in [7, 11) is 0. The molecule has 0 spiro atoms. The Kier molecular flexibility index (Phi) is 5.69. The van der Waals surface area contributed by atoms with E-state index in [0.717, 1.165) is 0 Å². The summed E-state index contributed by atoms with van der Waals surface area (Å²) < 4.78 is 28.4. The summed E-state index contributed by atoms with van der Waals surface area (Å²) in [5, 5.41) is 11.9. The number of alkyl halides is 2. The van der Waals surface area contributed by atoms with Crippen LogP contribution in [0, 0.1) is 5.92 Å². The molecule has 1 aromatic rings. The number of carbonyl (C=O) groups is 1. The molecule has 0 heterocycles. The van der Waals surface area contributed by atoms with Crippen molar-refractivity contribution in [3.63, 3.8) is 0 Å². The third-order valence-electron chi connectivity index (χ3n) is 2.58. The first-order chi connectivity index (χ1) is 8.90. The SMILES string of the molecule is CC(C)[C@H](NCc1cccc(OC(F)F)c1)C(=O)O. The van der Waals surface area contributed by atoms with Gasteiger partial charge in [0.25, 0.3) is 0 Å². The molecule has 0 saturated carbocycles. The molecule has 19 heavy (non-hydrogen) atoms. The van der Waals surface area contributed by atoms with Gasteiger partial charge in [-0.2, -0.15) is 8.78 Å². The highest BCUT2D eigenvalue weighted by Gasteiger charge is 2.20. The molecule has 0 aliphatic carbocycles. The van der Waals surface area contributed by atoms with Gasteiger partial charge < -0.3 is 15.2 Å². The molecule has 0 saturated heterocycles. The molecule has 2 N–H and O–H groups in total. The molecule has 0 aliphatic heterocycles. The van der Waals surface area contributed by atoms with Gasteiger partial charge in [-0.1, -0.05) is 26.0 Å². The smallest absolute Gasteiger partial charge is 0.387 e. The van der Waals surface area contributed by atoms with E-state index in [-0.39, 0.29) is 18.2 Å². The maximum absolute atomic E-state index is 12.1. The van der Waals surface area contributed by atoms with Crippen molar-refractivity contribution in [2.24, 2.45) is 5.92 Å². The van der Waals surface area contributed by atoms with Gasteiger partial charge in [0.1, 0.15) is 11.8 Å². The van der Waals surface area contributed by atoms with Gasteiger partial charge >= 0.3 is 12.6 Å². The Morgan fingerprint density at radius 3 is 2.63 bits per heavy atom. The quantitative estimate of drug-likeness (QED) is 0.801. The highest BCUT2D eigenvalue weighted by Crippen LogP contribution is 2.16. The summed E-state index contributed by atoms with van der Waals surface area (Å²) in [5.41, 5.74) is 0.685. The Labute approximate surface area is 110 Å². The topological polar surface area (TPSA) is 58.6 Å². The molecule has 0 fully saturated rings. The molecule has 1 aromatic carbocycles. The summed E-state index contributed by atoms with van der Waals surface area (Å²) >= 11 is 0. The Hall–Kier alpha value is -1.69. The normalized spacial score (nSPS) is 12.7. The van der Waals surface area contributed by atoms with Crippen molar-refractivity contribution in [3.8, 4) is 5.75 Å². The minimum atomic E-state index is -2.87. The molecule has 0 unspecified atom stereocenters. The second-order valence-corrected chi connectivity index (χ2v) is 4.47. The van der Waals surface area contributed by atoms with E-state index in [0.29, 0.717) is 5.56 Å². The molecule has 1 rings (SSSR count). The van der Waals surface area contributed by atoms with Crippen molar-refractivity contribution < 1.29 is 23.4 Å². The van der Waals surface area contributed by atoms with Crippen LogP contribution in [0.25, 0.3) is 0 Å². The van der Waals surface area contributed by atoms with E-state index in [1.807, 2.05) is 0 Å². The van der Waals surface area contributed by atoms with Crippen molar-refractivity contribution in [1.29, 1.82) is 0 Å². The van der Waals surface area contributed by atoms with E-state index in [9.17, 15) is 13.6 Å². The Bertz CT molecular complexity index is 424. The van der Waals surface area contributed by atoms with E-state index >= 15 is 0 Å². The maximum atomic E-state index is 12.1. The minimum absolute atomic E-state index is 0.0609. The lowest BCUT2D eigenvalue weighted by atomic mass is 10.0. The van der Waals surface area contributed by atoms with Crippen LogP contribution >= 0.6 is 0 Å². The van der Waals surface area contributed by atoms with Crippen LogP contribution in [0.15, 0.2) is 24.3 Å². The zero-order valence-electron chi connectivity index (χ0n) is 10.8. The van der Waals surface area contributed by atoms with Crippen LogP contribution in [-0.4, -0.2) is 23.7 Å². The summed E-state index contributed by atoms with van der Waals surface area (Å²) in [6.07, 6.45) is 0. The number of aliphatic carboxylic acids is 1. The number of carboxylic acid groups (broad SMARTS) is 1. The van der Waals surface area contributed by atoms with Crippen molar-refractivity contribution in [2.75, 3.05) is 0 Å². The molecular weight excluding hydrogens is 256 g/mol. The lowest BCUT2D eigenvalue weighted by molar-refractivity contribution is -0.140. The van der Waals surface area contributed by atoms with Gasteiger partial charge in [-0.25, -0.2) is 0 Å². The second-order valence-electron chi connectivity index (χ2n) is 4.47. The second kappa shape index (κ2) is 7.04. The molecule has 6 heteroatoms. The zero-order valence-corrected chi connectivity index (χ0v) is 10.8. The fourth-order valence-electron chi connectivity index (χ4n) is 1.67. The average Bonchev–Trinajstić information content (AvgIpc) is 2.27. The minimum Gasteiger partial charge on any atom is -0.480 e. The van der Waals surface area contributed by atoms with Gasteiger partial charge in [0.15, 0.2) is 0 Å². The molecule has 0 amide bonds. The van der Waals surface area contributed by atoms with E-state index in [4.69, 9.17) is 5.11 Å². The zero-order chi connectivity index (χ0) is 14.4. The number of benzene rings is 1.